The monoisotopic (exact) mass is 769 g/mol. The van der Waals surface area contributed by atoms with Crippen molar-refractivity contribution in [2.75, 3.05) is 50.9 Å². The Morgan fingerprint density at radius 2 is 1.82 bits per heavy atom. The fourth-order valence-electron chi connectivity index (χ4n) is 14.6. The summed E-state index contributed by atoms with van der Waals surface area (Å²) in [4.78, 5) is 20.5. The van der Waals surface area contributed by atoms with Crippen LogP contribution in [0.15, 0.2) is 41.6 Å². The number of ether oxygens (including phenoxy) is 2. The maximum absolute atomic E-state index is 13.5. The molecule has 1 aromatic rings. The van der Waals surface area contributed by atoms with Crippen molar-refractivity contribution in [3.63, 3.8) is 0 Å². The van der Waals surface area contributed by atoms with E-state index >= 15 is 0 Å². The molecule has 0 spiro atoms. The summed E-state index contributed by atoms with van der Waals surface area (Å²) in [6.07, 6.45) is 22.4. The third-order valence-corrected chi connectivity index (χ3v) is 18.1. The standard InChI is InChI=1S/C47H68N4O3S/c1-6-53-42(52)46(32-54-41-34(31-48)9-8-24-49-41)21-13-33(14-22-46)36-15-19-45(5)39(43(36,2)3)17-20-44(4)37-16-23-47(50-25-26-51-27-29-55-30-28-51)18-7-10-38(47)35(37)11-12-40(44)45/h8-9,13,15,24,35,37-40,50H,6-7,10-12,14,16-23,25-30,32H2,1-5H3/t35-,37?,38?,39?,40?,44-,45-,46?,47-/m0/s1. The molecule has 8 heteroatoms. The summed E-state index contributed by atoms with van der Waals surface area (Å²) in [6, 6.07) is 5.60. The predicted molar refractivity (Wildman–Crippen MR) is 222 cm³/mol. The first kappa shape index (κ1) is 39.5. The van der Waals surface area contributed by atoms with Crippen molar-refractivity contribution in [3.05, 3.63) is 47.2 Å². The van der Waals surface area contributed by atoms with Crippen LogP contribution in [0.25, 0.3) is 0 Å². The molecule has 5 fully saturated rings. The minimum absolute atomic E-state index is 0.0667. The summed E-state index contributed by atoms with van der Waals surface area (Å²) in [5, 5.41) is 13.9. The summed E-state index contributed by atoms with van der Waals surface area (Å²) >= 11 is 2.12. The van der Waals surface area contributed by atoms with E-state index in [0.717, 1.165) is 36.5 Å². The third kappa shape index (κ3) is 6.82. The Hall–Kier alpha value is -2.34. The summed E-state index contributed by atoms with van der Waals surface area (Å²) in [6.45, 7) is 17.8. The number of esters is 1. The number of aromatic nitrogens is 1. The summed E-state index contributed by atoms with van der Waals surface area (Å²) in [5.74, 6) is 6.71. The Morgan fingerprint density at radius 3 is 2.58 bits per heavy atom. The van der Waals surface area contributed by atoms with Gasteiger partial charge in [0, 0.05) is 49.4 Å². The number of hydrogen-bond donors (Lipinski definition) is 1. The smallest absolute Gasteiger partial charge is 0.315 e. The maximum atomic E-state index is 13.5. The van der Waals surface area contributed by atoms with Gasteiger partial charge in [-0.1, -0.05) is 46.3 Å². The van der Waals surface area contributed by atoms with Crippen LogP contribution in [0.5, 0.6) is 5.88 Å². The van der Waals surface area contributed by atoms with E-state index in [1.54, 1.807) is 18.3 Å². The zero-order valence-corrected chi connectivity index (χ0v) is 35.4. The van der Waals surface area contributed by atoms with Crippen molar-refractivity contribution in [1.82, 2.24) is 15.2 Å². The summed E-state index contributed by atoms with van der Waals surface area (Å²) in [5.41, 5.74) is 3.72. The predicted octanol–water partition coefficient (Wildman–Crippen LogP) is 9.38. The van der Waals surface area contributed by atoms with E-state index in [4.69, 9.17) is 9.47 Å². The fourth-order valence-corrected chi connectivity index (χ4v) is 15.5. The van der Waals surface area contributed by atoms with Crippen molar-refractivity contribution in [2.24, 2.45) is 51.2 Å². The second kappa shape index (κ2) is 15.4. The quantitative estimate of drug-likeness (QED) is 0.236. The third-order valence-electron chi connectivity index (χ3n) is 17.1. The number of nitrogens with zero attached hydrogens (tertiary/aromatic N) is 3. The molecular formula is C47H68N4O3S. The molecule has 5 unspecified atom stereocenters. The molecule has 4 saturated carbocycles. The highest BCUT2D eigenvalue weighted by molar-refractivity contribution is 7.99. The van der Waals surface area contributed by atoms with Gasteiger partial charge in [-0.2, -0.15) is 17.0 Å². The van der Waals surface area contributed by atoms with Gasteiger partial charge in [-0.15, -0.1) is 0 Å². The van der Waals surface area contributed by atoms with Gasteiger partial charge in [0.2, 0.25) is 5.88 Å². The van der Waals surface area contributed by atoms with Crippen LogP contribution in [0.3, 0.4) is 0 Å². The molecule has 6 aliphatic carbocycles. The molecule has 0 aromatic carbocycles. The molecule has 300 valence electrons. The number of nitriles is 1. The van der Waals surface area contributed by atoms with Crippen molar-refractivity contribution in [3.8, 4) is 11.9 Å². The number of fused-ring (bicyclic) bond motifs is 7. The lowest BCUT2D eigenvalue weighted by molar-refractivity contribution is -0.175. The Bertz CT molecular complexity index is 1700. The van der Waals surface area contributed by atoms with E-state index < -0.39 is 5.41 Å². The fraction of sp³-hybridized carbons (Fsp3) is 0.766. The van der Waals surface area contributed by atoms with E-state index in [0.29, 0.717) is 47.3 Å². The zero-order valence-electron chi connectivity index (χ0n) is 34.6. The molecule has 55 heavy (non-hydrogen) atoms. The van der Waals surface area contributed by atoms with Gasteiger partial charge < -0.3 is 19.7 Å². The Balaban J connectivity index is 0.978. The van der Waals surface area contributed by atoms with Crippen molar-refractivity contribution < 1.29 is 14.3 Å². The van der Waals surface area contributed by atoms with Crippen LogP contribution in [0, 0.1) is 62.6 Å². The van der Waals surface area contributed by atoms with E-state index in [2.05, 4.69) is 72.9 Å². The maximum Gasteiger partial charge on any atom is 0.315 e. The van der Waals surface area contributed by atoms with Gasteiger partial charge in [0.05, 0.1) is 6.61 Å². The molecule has 0 radical (unpaired) electrons. The van der Waals surface area contributed by atoms with Gasteiger partial charge in [-0.3, -0.25) is 4.79 Å². The van der Waals surface area contributed by atoms with Crippen LogP contribution in [-0.2, 0) is 9.53 Å². The number of nitrogens with one attached hydrogen (secondary N) is 1. The molecule has 0 amide bonds. The summed E-state index contributed by atoms with van der Waals surface area (Å²) < 4.78 is 11.8. The highest BCUT2D eigenvalue weighted by Crippen LogP contribution is 2.72. The average molecular weight is 769 g/mol. The minimum Gasteiger partial charge on any atom is -0.475 e. The largest absolute Gasteiger partial charge is 0.475 e. The number of carbonyl (C=O) groups is 1. The number of allylic oxidation sites excluding steroid dienone is 4. The summed E-state index contributed by atoms with van der Waals surface area (Å²) in [7, 11) is 0. The number of carbonyl (C=O) groups excluding carboxylic acids is 1. The topological polar surface area (TPSA) is 87.5 Å². The minimum atomic E-state index is -0.790. The van der Waals surface area contributed by atoms with Crippen LogP contribution >= 0.6 is 11.8 Å². The van der Waals surface area contributed by atoms with E-state index in [1.165, 1.54) is 107 Å². The molecule has 7 aliphatic rings. The first-order chi connectivity index (χ1) is 26.5. The van der Waals surface area contributed by atoms with Gasteiger partial charge in [0.1, 0.15) is 23.7 Å². The number of rotatable bonds is 10. The normalized spacial score (nSPS) is 39.6. The number of hydrogen-bond acceptors (Lipinski definition) is 8. The van der Waals surface area contributed by atoms with E-state index in [1.807, 2.05) is 6.92 Å². The molecule has 1 N–H and O–H groups in total. The van der Waals surface area contributed by atoms with Gasteiger partial charge in [0.15, 0.2) is 0 Å². The highest BCUT2D eigenvalue weighted by atomic mass is 32.2. The SMILES string of the molecule is CCOC(=O)C1(COc2ncccc2C#N)CC=C(C2=CC[C@@]3(C)C(CC[C@@]4(C)C5CC[C@@]6(NCCN7CCSCC7)CCCC6[C@H]5CCC43)C2(C)C)CC1. The van der Waals surface area contributed by atoms with Crippen LogP contribution in [0.1, 0.15) is 124 Å². The molecular weight excluding hydrogens is 701 g/mol. The highest BCUT2D eigenvalue weighted by Gasteiger charge is 2.65. The number of thioether (sulfide) groups is 1. The van der Waals surface area contributed by atoms with E-state index in [-0.39, 0.29) is 23.9 Å². The van der Waals surface area contributed by atoms with Gasteiger partial charge in [-0.05, 0) is 153 Å². The van der Waals surface area contributed by atoms with Crippen molar-refractivity contribution in [2.45, 2.75) is 124 Å². The second-order valence-electron chi connectivity index (χ2n) is 19.8. The lowest BCUT2D eigenvalue weighted by Gasteiger charge is -2.68. The molecule has 1 saturated heterocycles. The van der Waals surface area contributed by atoms with Crippen LogP contribution < -0.4 is 10.1 Å². The zero-order chi connectivity index (χ0) is 38.5. The van der Waals surface area contributed by atoms with Gasteiger partial charge in [-0.25, -0.2) is 4.98 Å². The Labute approximate surface area is 336 Å². The lowest BCUT2D eigenvalue weighted by Crippen LogP contribution is -2.64. The molecule has 8 rings (SSSR count). The van der Waals surface area contributed by atoms with Crippen molar-refractivity contribution >= 4 is 17.7 Å². The van der Waals surface area contributed by atoms with Crippen LogP contribution in [0.4, 0.5) is 0 Å². The lowest BCUT2D eigenvalue weighted by atomic mass is 9.37. The van der Waals surface area contributed by atoms with Crippen LogP contribution in [-0.4, -0.2) is 72.3 Å². The molecule has 7 nitrogen and oxygen atoms in total. The van der Waals surface area contributed by atoms with Gasteiger partial charge >= 0.3 is 5.97 Å². The molecule has 9 atom stereocenters. The van der Waals surface area contributed by atoms with E-state index in [9.17, 15) is 10.1 Å². The van der Waals surface area contributed by atoms with Crippen LogP contribution in [0.2, 0.25) is 0 Å². The van der Waals surface area contributed by atoms with Gasteiger partial charge in [0.25, 0.3) is 0 Å². The first-order valence-electron chi connectivity index (χ1n) is 22.1. The second-order valence-corrected chi connectivity index (χ2v) is 21.0. The Morgan fingerprint density at radius 1 is 0.982 bits per heavy atom. The first-order valence-corrected chi connectivity index (χ1v) is 23.3. The molecule has 0 bridgehead atoms. The molecule has 2 heterocycles. The number of pyridine rings is 1. The Kier molecular flexibility index (Phi) is 11.1. The average Bonchev–Trinajstić information content (AvgIpc) is 3.62. The molecule has 1 aliphatic heterocycles. The van der Waals surface area contributed by atoms with Crippen molar-refractivity contribution in [1.29, 1.82) is 5.26 Å². The molecule has 1 aromatic heterocycles.